The highest BCUT2D eigenvalue weighted by atomic mass is 32.1. The highest BCUT2D eigenvalue weighted by Crippen LogP contribution is 2.36. The Hall–Kier alpha value is -2.78. The molecular formula is C27H33N3O4S+2. The van der Waals surface area contributed by atoms with Gasteiger partial charge in [-0.05, 0) is 30.2 Å². The van der Waals surface area contributed by atoms with E-state index in [2.05, 4.69) is 19.1 Å². The van der Waals surface area contributed by atoms with Crippen LogP contribution in [0.4, 0.5) is 0 Å². The number of hydrogen-bond donors (Lipinski definition) is 2. The fraction of sp³-hybridized carbons (Fsp3) is 0.407. The van der Waals surface area contributed by atoms with Gasteiger partial charge in [-0.25, -0.2) is 4.98 Å². The average molecular weight is 496 g/mol. The second-order valence-electron chi connectivity index (χ2n) is 10.3. The fourth-order valence-electron chi connectivity index (χ4n) is 5.14. The monoisotopic (exact) mass is 495 g/mol. The molecule has 1 saturated heterocycles. The van der Waals surface area contributed by atoms with Gasteiger partial charge >= 0.3 is 0 Å². The second kappa shape index (κ2) is 9.02. The topological polar surface area (TPSA) is 83.6 Å². The Morgan fingerprint density at radius 2 is 1.83 bits per heavy atom. The third kappa shape index (κ3) is 4.36. The first-order valence-corrected chi connectivity index (χ1v) is 13.0. The third-order valence-electron chi connectivity index (χ3n) is 7.66. The molecule has 7 nitrogen and oxygen atoms in total. The number of aromatic hydroxyl groups is 1. The lowest BCUT2D eigenvalue weighted by Crippen LogP contribution is -2.64. The van der Waals surface area contributed by atoms with Crippen molar-refractivity contribution in [1.82, 2.24) is 4.98 Å². The van der Waals surface area contributed by atoms with Gasteiger partial charge in [-0.15, -0.1) is 11.3 Å². The zero-order valence-corrected chi connectivity index (χ0v) is 21.4. The number of piperazine rings is 1. The molecule has 2 aromatic carbocycles. The first-order chi connectivity index (χ1) is 16.8. The van der Waals surface area contributed by atoms with Crippen molar-refractivity contribution in [3.8, 4) is 16.3 Å². The van der Waals surface area contributed by atoms with E-state index in [1.54, 1.807) is 6.07 Å². The number of phenolic OH excluding ortho intramolecular Hbond substituents is 1. The number of benzene rings is 2. The van der Waals surface area contributed by atoms with Crippen molar-refractivity contribution in [2.45, 2.75) is 19.9 Å². The van der Waals surface area contributed by atoms with Crippen LogP contribution in [0.15, 0.2) is 45.8 Å². The number of aryl methyl sites for hydroxylation is 1. The number of aliphatic hydroxyl groups excluding tert-OH is 1. The second-order valence-corrected chi connectivity index (χ2v) is 11.3. The summed E-state index contributed by atoms with van der Waals surface area (Å²) in [5.74, 6) is 0.230. The lowest BCUT2D eigenvalue weighted by Gasteiger charge is -2.46. The molecule has 2 N–H and O–H groups in total. The van der Waals surface area contributed by atoms with E-state index in [0.717, 1.165) is 57.5 Å². The molecule has 5 rings (SSSR count). The molecule has 0 unspecified atom stereocenters. The molecule has 0 amide bonds. The SMILES string of the molecule is CCc1cc2c(=O)c(-c3nc4ccccc4s3)coc2c(C[N+]2(C)CC[N+](C)(CCO)CC2)c1O. The van der Waals surface area contributed by atoms with E-state index in [1.807, 2.05) is 31.2 Å². The zero-order chi connectivity index (χ0) is 24.8. The van der Waals surface area contributed by atoms with Gasteiger partial charge in [0.2, 0.25) is 5.43 Å². The first kappa shape index (κ1) is 23.9. The molecule has 4 aromatic rings. The molecule has 0 saturated carbocycles. The maximum atomic E-state index is 13.7. The average Bonchev–Trinajstić information content (AvgIpc) is 3.28. The molecule has 0 atom stereocenters. The predicted molar refractivity (Wildman–Crippen MR) is 140 cm³/mol. The number of fused-ring (bicyclic) bond motifs is 2. The number of aromatic nitrogens is 1. The number of hydrogen-bond acceptors (Lipinski definition) is 6. The van der Waals surface area contributed by atoms with E-state index in [-0.39, 0.29) is 17.8 Å². The summed E-state index contributed by atoms with van der Waals surface area (Å²) in [4.78, 5) is 18.3. The van der Waals surface area contributed by atoms with Gasteiger partial charge in [0.25, 0.3) is 0 Å². The van der Waals surface area contributed by atoms with Crippen LogP contribution in [0, 0.1) is 0 Å². The molecule has 0 bridgehead atoms. The Kier molecular flexibility index (Phi) is 6.17. The summed E-state index contributed by atoms with van der Waals surface area (Å²) in [6, 6.07) is 9.62. The van der Waals surface area contributed by atoms with Crippen LogP contribution >= 0.6 is 11.3 Å². The number of thiazole rings is 1. The summed E-state index contributed by atoms with van der Waals surface area (Å²) in [7, 11) is 4.38. The Bertz CT molecular complexity index is 1420. The van der Waals surface area contributed by atoms with Crippen LogP contribution < -0.4 is 5.43 Å². The Labute approximate surface area is 208 Å². The molecule has 184 valence electrons. The van der Waals surface area contributed by atoms with Crippen LogP contribution in [0.1, 0.15) is 18.1 Å². The standard InChI is InChI=1S/C27H32N3O4S/c1-4-18-15-19-25(33)21(27-28-22-7-5-6-8-23(22)35-27)17-34-26(19)20(24(18)32)16-30(3)11-9-29(2,10-12-30)13-14-31/h5-8,15,17,31H,4,9-14,16H2,1-3H3/q+1/p+1. The molecule has 2 aromatic heterocycles. The first-order valence-electron chi connectivity index (χ1n) is 12.2. The summed E-state index contributed by atoms with van der Waals surface area (Å²) in [6.45, 7) is 7.25. The summed E-state index contributed by atoms with van der Waals surface area (Å²) in [5.41, 5.74) is 3.12. The smallest absolute Gasteiger partial charge is 0.202 e. The van der Waals surface area contributed by atoms with Gasteiger partial charge < -0.3 is 23.6 Å². The lowest BCUT2D eigenvalue weighted by atomic mass is 10.00. The lowest BCUT2D eigenvalue weighted by molar-refractivity contribution is -1.02. The van der Waals surface area contributed by atoms with E-state index >= 15 is 0 Å². The number of likely N-dealkylation sites (N-methyl/N-ethyl adjacent to an activating group) is 2. The Morgan fingerprint density at radius 3 is 2.51 bits per heavy atom. The molecule has 3 heterocycles. The van der Waals surface area contributed by atoms with Crippen LogP contribution in [0.2, 0.25) is 0 Å². The van der Waals surface area contributed by atoms with E-state index < -0.39 is 0 Å². The minimum Gasteiger partial charge on any atom is -0.507 e. The minimum absolute atomic E-state index is 0.116. The fourth-order valence-corrected chi connectivity index (χ4v) is 6.10. The van der Waals surface area contributed by atoms with Crippen molar-refractivity contribution in [3.63, 3.8) is 0 Å². The molecule has 1 aliphatic rings. The highest BCUT2D eigenvalue weighted by Gasteiger charge is 2.38. The van der Waals surface area contributed by atoms with Crippen molar-refractivity contribution in [2.24, 2.45) is 0 Å². The highest BCUT2D eigenvalue weighted by molar-refractivity contribution is 7.21. The molecule has 1 fully saturated rings. The largest absolute Gasteiger partial charge is 0.507 e. The van der Waals surface area contributed by atoms with Crippen LogP contribution in [-0.4, -0.2) is 77.6 Å². The molecule has 8 heteroatoms. The molecule has 1 aliphatic heterocycles. The third-order valence-corrected chi connectivity index (χ3v) is 8.73. The minimum atomic E-state index is -0.116. The number of rotatable bonds is 6. The van der Waals surface area contributed by atoms with Gasteiger partial charge in [-0.3, -0.25) is 4.79 Å². The Balaban J connectivity index is 1.57. The van der Waals surface area contributed by atoms with E-state index in [9.17, 15) is 15.0 Å². The van der Waals surface area contributed by atoms with Crippen LogP contribution in [-0.2, 0) is 13.0 Å². The molecule has 35 heavy (non-hydrogen) atoms. The van der Waals surface area contributed by atoms with Crippen molar-refractivity contribution in [3.05, 3.63) is 57.9 Å². The Morgan fingerprint density at radius 1 is 1.11 bits per heavy atom. The predicted octanol–water partition coefficient (Wildman–Crippen LogP) is 3.74. The number of phenols is 1. The van der Waals surface area contributed by atoms with E-state index in [4.69, 9.17) is 4.42 Å². The number of nitrogens with zero attached hydrogens (tertiary/aromatic N) is 3. The van der Waals surface area contributed by atoms with E-state index in [1.165, 1.54) is 17.6 Å². The zero-order valence-electron chi connectivity index (χ0n) is 20.6. The van der Waals surface area contributed by atoms with Crippen LogP contribution in [0.3, 0.4) is 0 Å². The van der Waals surface area contributed by atoms with Crippen molar-refractivity contribution < 1.29 is 23.6 Å². The maximum absolute atomic E-state index is 13.7. The van der Waals surface area contributed by atoms with Crippen molar-refractivity contribution >= 4 is 32.5 Å². The number of para-hydroxylation sites is 1. The van der Waals surface area contributed by atoms with Gasteiger partial charge in [0.1, 0.15) is 61.9 Å². The normalized spacial score (nSPS) is 22.7. The maximum Gasteiger partial charge on any atom is 0.202 e. The van der Waals surface area contributed by atoms with Gasteiger partial charge in [0, 0.05) is 0 Å². The summed E-state index contributed by atoms with van der Waals surface area (Å²) in [6.07, 6.45) is 2.12. The summed E-state index contributed by atoms with van der Waals surface area (Å²) < 4.78 is 8.74. The summed E-state index contributed by atoms with van der Waals surface area (Å²) >= 11 is 1.48. The van der Waals surface area contributed by atoms with Gasteiger partial charge in [0.05, 0.1) is 47.4 Å². The quantitative estimate of drug-likeness (QED) is 0.398. The van der Waals surface area contributed by atoms with Crippen LogP contribution in [0.25, 0.3) is 31.8 Å². The van der Waals surface area contributed by atoms with E-state index in [0.29, 0.717) is 40.1 Å². The van der Waals surface area contributed by atoms with Gasteiger partial charge in [0.15, 0.2) is 0 Å². The van der Waals surface area contributed by atoms with Crippen LogP contribution in [0.5, 0.6) is 5.75 Å². The van der Waals surface area contributed by atoms with Crippen molar-refractivity contribution in [1.29, 1.82) is 0 Å². The van der Waals surface area contributed by atoms with Crippen molar-refractivity contribution in [2.75, 3.05) is 53.4 Å². The molecule has 0 aliphatic carbocycles. The van der Waals surface area contributed by atoms with Gasteiger partial charge in [-0.2, -0.15) is 0 Å². The summed E-state index contributed by atoms with van der Waals surface area (Å²) in [5, 5.41) is 21.7. The number of aliphatic hydroxyl groups is 1. The molecule has 0 spiro atoms. The van der Waals surface area contributed by atoms with Gasteiger partial charge in [-0.1, -0.05) is 19.1 Å². The molecular weight excluding hydrogens is 462 g/mol. The molecule has 0 radical (unpaired) electrons. The number of quaternary nitrogens is 2.